The number of hydrogen-bond acceptors (Lipinski definition) is 5. The minimum absolute atomic E-state index is 0.0363. The maximum absolute atomic E-state index is 12.6. The lowest BCUT2D eigenvalue weighted by Crippen LogP contribution is -2.26. The van der Waals surface area contributed by atoms with Crippen LogP contribution in [0.1, 0.15) is 17.8 Å². The molecule has 0 aliphatic carbocycles. The van der Waals surface area contributed by atoms with Crippen LogP contribution in [-0.4, -0.2) is 49.2 Å². The molecule has 1 amide bonds. The van der Waals surface area contributed by atoms with Crippen LogP contribution in [0.4, 0.5) is 0 Å². The molecule has 7 heteroatoms. The molecular formula is C21H25N3O4. The SMILES string of the molecule is COc1cc(CCC(=O)N(C)Cc2nc3ccccc3[nH]2)cc(OC)c1OC. The van der Waals surface area contributed by atoms with E-state index in [9.17, 15) is 4.79 Å². The molecule has 3 rings (SSSR count). The molecule has 28 heavy (non-hydrogen) atoms. The highest BCUT2D eigenvalue weighted by molar-refractivity contribution is 5.77. The van der Waals surface area contributed by atoms with E-state index in [1.54, 1.807) is 33.3 Å². The quantitative estimate of drug-likeness (QED) is 0.646. The molecule has 7 nitrogen and oxygen atoms in total. The number of rotatable bonds is 8. The predicted octanol–water partition coefficient (Wildman–Crippen LogP) is 3.18. The fourth-order valence-corrected chi connectivity index (χ4v) is 3.12. The summed E-state index contributed by atoms with van der Waals surface area (Å²) in [4.78, 5) is 22.0. The van der Waals surface area contributed by atoms with Crippen molar-refractivity contribution < 1.29 is 19.0 Å². The number of ether oxygens (including phenoxy) is 3. The fraction of sp³-hybridized carbons (Fsp3) is 0.333. The van der Waals surface area contributed by atoms with Crippen LogP contribution in [0.5, 0.6) is 17.2 Å². The summed E-state index contributed by atoms with van der Waals surface area (Å²) in [6, 6.07) is 11.6. The molecule has 0 fully saturated rings. The van der Waals surface area contributed by atoms with Crippen molar-refractivity contribution in [3.8, 4) is 17.2 Å². The molecule has 1 aromatic heterocycles. The number of H-pyrrole nitrogens is 1. The smallest absolute Gasteiger partial charge is 0.223 e. The van der Waals surface area contributed by atoms with Gasteiger partial charge in [-0.2, -0.15) is 0 Å². The number of methoxy groups -OCH3 is 3. The Morgan fingerprint density at radius 3 is 2.36 bits per heavy atom. The summed E-state index contributed by atoms with van der Waals surface area (Å²) in [6.07, 6.45) is 0.940. The van der Waals surface area contributed by atoms with Crippen LogP contribution in [0.25, 0.3) is 11.0 Å². The first kappa shape index (κ1) is 19.5. The van der Waals surface area contributed by atoms with E-state index in [0.717, 1.165) is 22.4 Å². The fourth-order valence-electron chi connectivity index (χ4n) is 3.12. The number of fused-ring (bicyclic) bond motifs is 1. The van der Waals surface area contributed by atoms with E-state index in [2.05, 4.69) is 9.97 Å². The van der Waals surface area contributed by atoms with Crippen LogP contribution >= 0.6 is 0 Å². The Balaban J connectivity index is 1.64. The molecule has 2 aromatic carbocycles. The second-order valence-electron chi connectivity index (χ2n) is 6.48. The second kappa shape index (κ2) is 8.65. The highest BCUT2D eigenvalue weighted by Crippen LogP contribution is 2.38. The zero-order chi connectivity index (χ0) is 20.1. The molecule has 1 heterocycles. The molecule has 0 saturated carbocycles. The Labute approximate surface area is 164 Å². The van der Waals surface area contributed by atoms with Crippen LogP contribution < -0.4 is 14.2 Å². The summed E-state index contributed by atoms with van der Waals surface area (Å²) < 4.78 is 16.1. The third kappa shape index (κ3) is 4.19. The minimum atomic E-state index is 0.0363. The van der Waals surface area contributed by atoms with Gasteiger partial charge in [0.15, 0.2) is 11.5 Å². The van der Waals surface area contributed by atoms with Gasteiger partial charge < -0.3 is 24.1 Å². The molecule has 0 aliphatic heterocycles. The number of carbonyl (C=O) groups excluding carboxylic acids is 1. The van der Waals surface area contributed by atoms with E-state index >= 15 is 0 Å². The van der Waals surface area contributed by atoms with Crippen LogP contribution in [0, 0.1) is 0 Å². The molecular weight excluding hydrogens is 358 g/mol. The number of aryl methyl sites for hydroxylation is 1. The standard InChI is InChI=1S/C21H25N3O4/c1-24(13-19-22-15-7-5-6-8-16(15)23-19)20(25)10-9-14-11-17(26-2)21(28-4)18(12-14)27-3/h5-8,11-12H,9-10,13H2,1-4H3,(H,22,23). The first-order valence-corrected chi connectivity index (χ1v) is 9.02. The number of benzene rings is 2. The molecule has 0 radical (unpaired) electrons. The maximum Gasteiger partial charge on any atom is 0.223 e. The number of nitrogens with zero attached hydrogens (tertiary/aromatic N) is 2. The average molecular weight is 383 g/mol. The van der Waals surface area contributed by atoms with Crippen molar-refractivity contribution in [1.82, 2.24) is 14.9 Å². The topological polar surface area (TPSA) is 76.7 Å². The summed E-state index contributed by atoms with van der Waals surface area (Å²) in [7, 11) is 6.50. The number of hydrogen-bond donors (Lipinski definition) is 1. The van der Waals surface area contributed by atoms with E-state index in [-0.39, 0.29) is 5.91 Å². The summed E-state index contributed by atoms with van der Waals surface area (Å²) in [5.41, 5.74) is 2.81. The van der Waals surface area contributed by atoms with Crippen molar-refractivity contribution in [3.05, 3.63) is 47.8 Å². The van der Waals surface area contributed by atoms with Crippen LogP contribution in [0.2, 0.25) is 0 Å². The zero-order valence-electron chi connectivity index (χ0n) is 16.6. The third-order valence-corrected chi connectivity index (χ3v) is 4.60. The van der Waals surface area contributed by atoms with E-state index in [1.165, 1.54) is 0 Å². The molecule has 0 saturated heterocycles. The highest BCUT2D eigenvalue weighted by atomic mass is 16.5. The lowest BCUT2D eigenvalue weighted by Gasteiger charge is -2.17. The van der Waals surface area contributed by atoms with Crippen molar-refractivity contribution in [1.29, 1.82) is 0 Å². The molecule has 0 atom stereocenters. The van der Waals surface area contributed by atoms with Crippen LogP contribution in [0.15, 0.2) is 36.4 Å². The molecule has 0 spiro atoms. The van der Waals surface area contributed by atoms with Gasteiger partial charge in [0.25, 0.3) is 0 Å². The van der Waals surface area contributed by atoms with E-state index < -0.39 is 0 Å². The van der Waals surface area contributed by atoms with Gasteiger partial charge in [-0.3, -0.25) is 4.79 Å². The zero-order valence-corrected chi connectivity index (χ0v) is 16.6. The van der Waals surface area contributed by atoms with Crippen LogP contribution in [0.3, 0.4) is 0 Å². The van der Waals surface area contributed by atoms with Crippen LogP contribution in [-0.2, 0) is 17.8 Å². The Bertz CT molecular complexity index is 909. The maximum atomic E-state index is 12.6. The summed E-state index contributed by atoms with van der Waals surface area (Å²) in [5, 5.41) is 0. The predicted molar refractivity (Wildman–Crippen MR) is 107 cm³/mol. The molecule has 0 bridgehead atoms. The van der Waals surface area contributed by atoms with Crippen molar-refractivity contribution >= 4 is 16.9 Å². The third-order valence-electron chi connectivity index (χ3n) is 4.60. The van der Waals surface area contributed by atoms with Crippen molar-refractivity contribution in [2.24, 2.45) is 0 Å². The van der Waals surface area contributed by atoms with Crippen molar-refractivity contribution in [2.75, 3.05) is 28.4 Å². The molecule has 0 aliphatic rings. The van der Waals surface area contributed by atoms with Gasteiger partial charge in [0.2, 0.25) is 11.7 Å². The molecule has 1 N–H and O–H groups in total. The van der Waals surface area contributed by atoms with Gasteiger partial charge in [-0.05, 0) is 36.2 Å². The average Bonchev–Trinajstić information content (AvgIpc) is 3.13. The van der Waals surface area contributed by atoms with Gasteiger partial charge in [0.05, 0.1) is 38.9 Å². The normalized spacial score (nSPS) is 10.7. The number of amides is 1. The monoisotopic (exact) mass is 383 g/mol. The van der Waals surface area contributed by atoms with Crippen molar-refractivity contribution in [2.45, 2.75) is 19.4 Å². The number of para-hydroxylation sites is 2. The molecule has 148 valence electrons. The number of nitrogens with one attached hydrogen (secondary N) is 1. The summed E-state index contributed by atoms with van der Waals surface area (Å²) >= 11 is 0. The van der Waals surface area contributed by atoms with E-state index in [0.29, 0.717) is 36.6 Å². The largest absolute Gasteiger partial charge is 0.493 e. The second-order valence-corrected chi connectivity index (χ2v) is 6.48. The van der Waals surface area contributed by atoms with Gasteiger partial charge in [-0.15, -0.1) is 0 Å². The Hall–Kier alpha value is -3.22. The first-order chi connectivity index (χ1) is 13.5. The number of aromatic nitrogens is 2. The number of carbonyl (C=O) groups is 1. The van der Waals surface area contributed by atoms with Gasteiger partial charge >= 0.3 is 0 Å². The van der Waals surface area contributed by atoms with Gasteiger partial charge in [0.1, 0.15) is 5.82 Å². The van der Waals surface area contributed by atoms with E-state index in [4.69, 9.17) is 14.2 Å². The molecule has 3 aromatic rings. The summed E-state index contributed by atoms with van der Waals surface area (Å²) in [6.45, 7) is 0.433. The number of imidazole rings is 1. The lowest BCUT2D eigenvalue weighted by atomic mass is 10.1. The summed E-state index contributed by atoms with van der Waals surface area (Å²) in [5.74, 6) is 2.51. The van der Waals surface area contributed by atoms with E-state index in [1.807, 2.05) is 36.4 Å². The Morgan fingerprint density at radius 1 is 1.07 bits per heavy atom. The molecule has 0 unspecified atom stereocenters. The van der Waals surface area contributed by atoms with Gasteiger partial charge in [-0.25, -0.2) is 4.98 Å². The lowest BCUT2D eigenvalue weighted by molar-refractivity contribution is -0.130. The number of aromatic amines is 1. The van der Waals surface area contributed by atoms with Crippen molar-refractivity contribution in [3.63, 3.8) is 0 Å². The Kier molecular flexibility index (Phi) is 6.03. The Morgan fingerprint density at radius 2 is 1.75 bits per heavy atom. The first-order valence-electron chi connectivity index (χ1n) is 9.02. The minimum Gasteiger partial charge on any atom is -0.493 e. The van der Waals surface area contributed by atoms with Gasteiger partial charge in [-0.1, -0.05) is 12.1 Å². The highest BCUT2D eigenvalue weighted by Gasteiger charge is 2.16. The van der Waals surface area contributed by atoms with Gasteiger partial charge in [0, 0.05) is 13.5 Å².